The predicted octanol–water partition coefficient (Wildman–Crippen LogP) is 0.142. The van der Waals surface area contributed by atoms with E-state index in [9.17, 15) is 0 Å². The van der Waals surface area contributed by atoms with Gasteiger partial charge >= 0.3 is 0 Å². The highest BCUT2D eigenvalue weighted by Gasteiger charge is 2.31. The van der Waals surface area contributed by atoms with Crippen molar-refractivity contribution in [2.45, 2.75) is 45.2 Å². The molecule has 3 nitrogen and oxygen atoms in total. The van der Waals surface area contributed by atoms with Crippen molar-refractivity contribution in [1.82, 2.24) is 0 Å². The maximum Gasteiger partial charge on any atom is 0.157 e. The standard InChI is InChI=1S/C16H26N2O/c1-14-4-6-15(7-5-14)18-10-8-17(9-11-18)13-16-3-2-12-19-16/h2-3,12,14-15H,4-11,13H2,1H3/p+2. The molecule has 0 radical (unpaired) electrons. The summed E-state index contributed by atoms with van der Waals surface area (Å²) in [6, 6.07) is 5.06. The Bertz CT molecular complexity index is 360. The van der Waals surface area contributed by atoms with E-state index in [1.165, 1.54) is 51.9 Å². The molecule has 2 fully saturated rings. The topological polar surface area (TPSA) is 22.0 Å². The summed E-state index contributed by atoms with van der Waals surface area (Å²) in [6.45, 7) is 8.81. The minimum Gasteiger partial charge on any atom is -0.463 e. The van der Waals surface area contributed by atoms with E-state index in [1.54, 1.807) is 11.2 Å². The lowest BCUT2D eigenvalue weighted by molar-refractivity contribution is -1.03. The van der Waals surface area contributed by atoms with Crippen LogP contribution in [0.25, 0.3) is 0 Å². The molecule has 0 spiro atoms. The molecule has 106 valence electrons. The first-order chi connectivity index (χ1) is 9.31. The van der Waals surface area contributed by atoms with E-state index < -0.39 is 0 Å². The second-order valence-electron chi connectivity index (χ2n) is 6.62. The summed E-state index contributed by atoms with van der Waals surface area (Å²) in [4.78, 5) is 3.58. The maximum atomic E-state index is 5.46. The summed E-state index contributed by atoms with van der Waals surface area (Å²) >= 11 is 0. The normalized spacial score (nSPS) is 36.3. The first-order valence-corrected chi connectivity index (χ1v) is 8.02. The van der Waals surface area contributed by atoms with Gasteiger partial charge in [-0.1, -0.05) is 6.92 Å². The molecule has 1 aliphatic carbocycles. The van der Waals surface area contributed by atoms with Crippen LogP contribution in [-0.2, 0) is 6.54 Å². The largest absolute Gasteiger partial charge is 0.463 e. The lowest BCUT2D eigenvalue weighted by Gasteiger charge is -2.37. The third-order valence-corrected chi connectivity index (χ3v) is 5.20. The third-order valence-electron chi connectivity index (χ3n) is 5.20. The minimum atomic E-state index is 0.960. The molecule has 1 aromatic heterocycles. The van der Waals surface area contributed by atoms with Gasteiger partial charge in [0.15, 0.2) is 5.76 Å². The first-order valence-electron chi connectivity index (χ1n) is 8.02. The summed E-state index contributed by atoms with van der Waals surface area (Å²) in [7, 11) is 0. The molecule has 2 aliphatic rings. The molecular weight excluding hydrogens is 236 g/mol. The fraction of sp³-hybridized carbons (Fsp3) is 0.750. The second kappa shape index (κ2) is 6.10. The quantitative estimate of drug-likeness (QED) is 0.797. The van der Waals surface area contributed by atoms with E-state index in [0.29, 0.717) is 0 Å². The molecular formula is C16H28N2O+2. The molecule has 3 heteroatoms. The van der Waals surface area contributed by atoms with Crippen LogP contribution in [0.5, 0.6) is 0 Å². The van der Waals surface area contributed by atoms with Crippen LogP contribution in [0.3, 0.4) is 0 Å². The van der Waals surface area contributed by atoms with Crippen LogP contribution in [-0.4, -0.2) is 32.2 Å². The Morgan fingerprint density at radius 2 is 1.84 bits per heavy atom. The molecule has 3 rings (SSSR count). The second-order valence-corrected chi connectivity index (χ2v) is 6.62. The molecule has 0 unspecified atom stereocenters. The summed E-state index contributed by atoms with van der Waals surface area (Å²) in [5.41, 5.74) is 0. The van der Waals surface area contributed by atoms with Gasteiger partial charge in [0.25, 0.3) is 0 Å². The smallest absolute Gasteiger partial charge is 0.157 e. The molecule has 0 atom stereocenters. The summed E-state index contributed by atoms with van der Waals surface area (Å²) in [6.07, 6.45) is 7.63. The number of nitrogens with one attached hydrogen (secondary N) is 2. The summed E-state index contributed by atoms with van der Waals surface area (Å²) < 4.78 is 5.46. The molecule has 0 bridgehead atoms. The molecule has 2 N–H and O–H groups in total. The van der Waals surface area contributed by atoms with Gasteiger partial charge in [-0.05, 0) is 43.7 Å². The number of hydrogen-bond donors (Lipinski definition) is 2. The molecule has 19 heavy (non-hydrogen) atoms. The number of furan rings is 1. The number of rotatable bonds is 3. The van der Waals surface area contributed by atoms with E-state index in [1.807, 2.05) is 11.0 Å². The predicted molar refractivity (Wildman–Crippen MR) is 75.2 cm³/mol. The Morgan fingerprint density at radius 3 is 2.47 bits per heavy atom. The van der Waals surface area contributed by atoms with Gasteiger partial charge in [0.1, 0.15) is 32.7 Å². The van der Waals surface area contributed by atoms with E-state index >= 15 is 0 Å². The van der Waals surface area contributed by atoms with Crippen LogP contribution in [0.1, 0.15) is 38.4 Å². The Morgan fingerprint density at radius 1 is 1.11 bits per heavy atom. The van der Waals surface area contributed by atoms with Crippen LogP contribution in [0.4, 0.5) is 0 Å². The fourth-order valence-electron chi connectivity index (χ4n) is 3.84. The van der Waals surface area contributed by atoms with Crippen molar-refractivity contribution in [1.29, 1.82) is 0 Å². The maximum absolute atomic E-state index is 5.46. The van der Waals surface area contributed by atoms with Crippen molar-refractivity contribution in [2.75, 3.05) is 26.2 Å². The molecule has 1 saturated carbocycles. The Hall–Kier alpha value is -0.800. The van der Waals surface area contributed by atoms with Crippen LogP contribution in [0, 0.1) is 5.92 Å². The molecule has 2 heterocycles. The van der Waals surface area contributed by atoms with Crippen molar-refractivity contribution in [2.24, 2.45) is 5.92 Å². The average molecular weight is 264 g/mol. The van der Waals surface area contributed by atoms with Crippen molar-refractivity contribution in [3.8, 4) is 0 Å². The van der Waals surface area contributed by atoms with E-state index in [4.69, 9.17) is 4.42 Å². The fourth-order valence-corrected chi connectivity index (χ4v) is 3.84. The van der Waals surface area contributed by atoms with Crippen LogP contribution < -0.4 is 9.80 Å². The van der Waals surface area contributed by atoms with E-state index in [2.05, 4.69) is 13.0 Å². The zero-order valence-electron chi connectivity index (χ0n) is 12.2. The highest BCUT2D eigenvalue weighted by Crippen LogP contribution is 2.21. The van der Waals surface area contributed by atoms with Crippen molar-refractivity contribution in [3.63, 3.8) is 0 Å². The molecule has 1 aliphatic heterocycles. The van der Waals surface area contributed by atoms with Gasteiger partial charge < -0.3 is 14.2 Å². The van der Waals surface area contributed by atoms with Crippen LogP contribution in [0.15, 0.2) is 22.8 Å². The van der Waals surface area contributed by atoms with Gasteiger partial charge in [0.2, 0.25) is 0 Å². The Labute approximate surface area is 116 Å². The lowest BCUT2D eigenvalue weighted by Crippen LogP contribution is -3.29. The zero-order chi connectivity index (χ0) is 13.1. The summed E-state index contributed by atoms with van der Waals surface area (Å²) in [5.74, 6) is 2.12. The van der Waals surface area contributed by atoms with E-state index in [0.717, 1.165) is 24.3 Å². The third kappa shape index (κ3) is 3.40. The van der Waals surface area contributed by atoms with Crippen LogP contribution in [0.2, 0.25) is 0 Å². The van der Waals surface area contributed by atoms with Gasteiger partial charge in [-0.25, -0.2) is 0 Å². The molecule has 1 aromatic rings. The van der Waals surface area contributed by atoms with Crippen molar-refractivity contribution in [3.05, 3.63) is 24.2 Å². The Balaban J connectivity index is 1.44. The highest BCUT2D eigenvalue weighted by molar-refractivity contribution is 4.95. The van der Waals surface area contributed by atoms with Gasteiger partial charge in [-0.15, -0.1) is 0 Å². The monoisotopic (exact) mass is 264 g/mol. The Kier molecular flexibility index (Phi) is 4.24. The molecule has 0 aromatic carbocycles. The van der Waals surface area contributed by atoms with Crippen LogP contribution >= 0.6 is 0 Å². The SMILES string of the molecule is CC1CCC([NH+]2CC[NH+](Cc3ccco3)CC2)CC1. The number of quaternary nitrogens is 2. The number of hydrogen-bond acceptors (Lipinski definition) is 1. The van der Waals surface area contributed by atoms with Gasteiger partial charge in [-0.3, -0.25) is 0 Å². The lowest BCUT2D eigenvalue weighted by atomic mass is 9.86. The van der Waals surface area contributed by atoms with Gasteiger partial charge in [0, 0.05) is 0 Å². The average Bonchev–Trinajstić information content (AvgIpc) is 2.94. The number of piperazine rings is 1. The molecule has 1 saturated heterocycles. The summed E-state index contributed by atoms with van der Waals surface area (Å²) in [5, 5.41) is 0. The van der Waals surface area contributed by atoms with E-state index in [-0.39, 0.29) is 0 Å². The van der Waals surface area contributed by atoms with Gasteiger partial charge in [-0.2, -0.15) is 0 Å². The van der Waals surface area contributed by atoms with Crippen molar-refractivity contribution < 1.29 is 14.2 Å². The molecule has 0 amide bonds. The van der Waals surface area contributed by atoms with Crippen molar-refractivity contribution >= 4 is 0 Å². The van der Waals surface area contributed by atoms with Gasteiger partial charge in [0.05, 0.1) is 12.3 Å². The minimum absolute atomic E-state index is 0.960. The first kappa shape index (κ1) is 13.2. The highest BCUT2D eigenvalue weighted by atomic mass is 16.3. The zero-order valence-corrected chi connectivity index (χ0v) is 12.2.